The van der Waals surface area contributed by atoms with Gasteiger partial charge in [-0.05, 0) is 12.8 Å². The van der Waals surface area contributed by atoms with E-state index in [1.54, 1.807) is 7.11 Å². The van der Waals surface area contributed by atoms with Gasteiger partial charge in [-0.2, -0.15) is 4.98 Å². The number of aliphatic hydroxyl groups is 1. The highest BCUT2D eigenvalue weighted by Gasteiger charge is 2.17. The van der Waals surface area contributed by atoms with Gasteiger partial charge in [0.15, 0.2) is 0 Å². The van der Waals surface area contributed by atoms with E-state index in [1.165, 1.54) is 20.4 Å². The number of methoxy groups -OCH3 is 3. The normalized spacial score (nSPS) is 12.2. The molecule has 1 aromatic heterocycles. The SMILES string of the molecule is COCCCC(O)c1ncc(OC)nc1OC. The molecule has 1 aromatic rings. The van der Waals surface area contributed by atoms with Crippen molar-refractivity contribution in [2.45, 2.75) is 18.9 Å². The van der Waals surface area contributed by atoms with Crippen LogP contribution in [0.25, 0.3) is 0 Å². The van der Waals surface area contributed by atoms with E-state index >= 15 is 0 Å². The Hall–Kier alpha value is -1.40. The van der Waals surface area contributed by atoms with Gasteiger partial charge >= 0.3 is 0 Å². The van der Waals surface area contributed by atoms with Crippen LogP contribution in [-0.4, -0.2) is 43.0 Å². The predicted octanol–water partition coefficient (Wildman–Crippen LogP) is 0.954. The molecule has 0 bridgehead atoms. The lowest BCUT2D eigenvalue weighted by molar-refractivity contribution is 0.129. The van der Waals surface area contributed by atoms with E-state index in [0.717, 1.165) is 6.42 Å². The second kappa shape index (κ2) is 7.03. The van der Waals surface area contributed by atoms with Gasteiger partial charge in [0.2, 0.25) is 11.8 Å². The molecule has 1 atom stereocenters. The van der Waals surface area contributed by atoms with Crippen molar-refractivity contribution in [3.05, 3.63) is 11.9 Å². The van der Waals surface area contributed by atoms with Crippen LogP contribution in [0.1, 0.15) is 24.6 Å². The first-order chi connectivity index (χ1) is 8.22. The van der Waals surface area contributed by atoms with Gasteiger partial charge in [0.25, 0.3) is 0 Å². The summed E-state index contributed by atoms with van der Waals surface area (Å²) in [5.74, 6) is 0.643. The maximum atomic E-state index is 9.94. The molecule has 6 heteroatoms. The minimum absolute atomic E-state index is 0.286. The number of aromatic nitrogens is 2. The molecule has 0 saturated carbocycles. The van der Waals surface area contributed by atoms with Gasteiger partial charge in [0.05, 0.1) is 20.4 Å². The molecule has 0 fully saturated rings. The van der Waals surface area contributed by atoms with Gasteiger partial charge in [0, 0.05) is 13.7 Å². The molecule has 0 radical (unpaired) electrons. The summed E-state index contributed by atoms with van der Waals surface area (Å²) in [4.78, 5) is 8.16. The molecule has 0 spiro atoms. The van der Waals surface area contributed by atoms with Gasteiger partial charge in [-0.25, -0.2) is 4.98 Å². The Kier molecular flexibility index (Phi) is 5.65. The van der Waals surface area contributed by atoms with Gasteiger partial charge in [0.1, 0.15) is 11.8 Å². The highest BCUT2D eigenvalue weighted by molar-refractivity contribution is 5.24. The molecular weight excluding hydrogens is 224 g/mol. The van der Waals surface area contributed by atoms with E-state index < -0.39 is 6.10 Å². The molecule has 0 aliphatic heterocycles. The molecule has 0 aliphatic carbocycles. The molecule has 17 heavy (non-hydrogen) atoms. The second-order valence-corrected chi connectivity index (χ2v) is 3.46. The van der Waals surface area contributed by atoms with Crippen LogP contribution in [0, 0.1) is 0 Å². The molecule has 1 N–H and O–H groups in total. The summed E-state index contributed by atoms with van der Waals surface area (Å²) >= 11 is 0. The molecule has 0 aromatic carbocycles. The highest BCUT2D eigenvalue weighted by Crippen LogP contribution is 2.25. The maximum absolute atomic E-state index is 9.94. The Labute approximate surface area is 101 Å². The average molecular weight is 242 g/mol. The maximum Gasteiger partial charge on any atom is 0.241 e. The predicted molar refractivity (Wildman–Crippen MR) is 61.2 cm³/mol. The molecule has 1 unspecified atom stereocenters. The van der Waals surface area contributed by atoms with Crippen LogP contribution in [0.4, 0.5) is 0 Å². The van der Waals surface area contributed by atoms with Crippen molar-refractivity contribution in [1.82, 2.24) is 9.97 Å². The third kappa shape index (κ3) is 3.83. The molecule has 96 valence electrons. The van der Waals surface area contributed by atoms with E-state index in [2.05, 4.69) is 9.97 Å². The van der Waals surface area contributed by atoms with E-state index in [1.807, 2.05) is 0 Å². The molecular formula is C11H18N2O4. The van der Waals surface area contributed by atoms with Crippen molar-refractivity contribution in [1.29, 1.82) is 0 Å². The zero-order valence-corrected chi connectivity index (χ0v) is 10.3. The quantitative estimate of drug-likeness (QED) is 0.718. The summed E-state index contributed by atoms with van der Waals surface area (Å²) in [5.41, 5.74) is 0.421. The average Bonchev–Trinajstić information content (AvgIpc) is 2.38. The van der Waals surface area contributed by atoms with Crippen LogP contribution in [0.5, 0.6) is 11.8 Å². The Bertz CT molecular complexity index is 346. The van der Waals surface area contributed by atoms with Crippen LogP contribution in [-0.2, 0) is 4.74 Å². The minimum atomic E-state index is -0.710. The lowest BCUT2D eigenvalue weighted by Crippen LogP contribution is -2.07. The molecule has 0 aliphatic rings. The monoisotopic (exact) mass is 242 g/mol. The molecule has 1 rings (SSSR count). The fourth-order valence-electron chi connectivity index (χ4n) is 1.40. The van der Waals surface area contributed by atoms with Gasteiger partial charge < -0.3 is 19.3 Å². The lowest BCUT2D eigenvalue weighted by atomic mass is 10.1. The first-order valence-electron chi connectivity index (χ1n) is 5.34. The van der Waals surface area contributed by atoms with Crippen molar-refractivity contribution < 1.29 is 19.3 Å². The molecule has 0 amide bonds. The Morgan fingerprint density at radius 1 is 1.29 bits per heavy atom. The van der Waals surface area contributed by atoms with Crippen molar-refractivity contribution in [2.24, 2.45) is 0 Å². The van der Waals surface area contributed by atoms with Crippen LogP contribution in [0.15, 0.2) is 6.20 Å². The van der Waals surface area contributed by atoms with Crippen LogP contribution < -0.4 is 9.47 Å². The number of ether oxygens (including phenoxy) is 3. The van der Waals surface area contributed by atoms with E-state index in [-0.39, 0.29) is 5.88 Å². The zero-order valence-electron chi connectivity index (χ0n) is 10.3. The van der Waals surface area contributed by atoms with Crippen LogP contribution >= 0.6 is 0 Å². The van der Waals surface area contributed by atoms with Gasteiger partial charge in [-0.3, -0.25) is 0 Å². The van der Waals surface area contributed by atoms with Crippen molar-refractivity contribution >= 4 is 0 Å². The third-order valence-corrected chi connectivity index (χ3v) is 2.29. The topological polar surface area (TPSA) is 73.7 Å². The first kappa shape index (κ1) is 13.7. The fraction of sp³-hybridized carbons (Fsp3) is 0.636. The second-order valence-electron chi connectivity index (χ2n) is 3.46. The van der Waals surface area contributed by atoms with Crippen molar-refractivity contribution in [3.63, 3.8) is 0 Å². The van der Waals surface area contributed by atoms with E-state index in [9.17, 15) is 5.11 Å². The van der Waals surface area contributed by atoms with Crippen LogP contribution in [0.2, 0.25) is 0 Å². The first-order valence-corrected chi connectivity index (χ1v) is 5.34. The summed E-state index contributed by atoms with van der Waals surface area (Å²) in [6.45, 7) is 0.600. The highest BCUT2D eigenvalue weighted by atomic mass is 16.5. The Morgan fingerprint density at radius 3 is 2.65 bits per heavy atom. The van der Waals surface area contributed by atoms with Gasteiger partial charge in [-0.15, -0.1) is 0 Å². The Balaban J connectivity index is 2.74. The zero-order chi connectivity index (χ0) is 12.7. The standard InChI is InChI=1S/C11H18N2O4/c1-15-6-4-5-8(14)10-11(17-3)13-9(16-2)7-12-10/h7-8,14H,4-6H2,1-3H3. The molecule has 0 saturated heterocycles. The molecule has 6 nitrogen and oxygen atoms in total. The summed E-state index contributed by atoms with van der Waals surface area (Å²) in [6.07, 6.45) is 2.04. The summed E-state index contributed by atoms with van der Waals surface area (Å²) < 4.78 is 14.9. The summed E-state index contributed by atoms with van der Waals surface area (Å²) in [6, 6.07) is 0. The van der Waals surface area contributed by atoms with E-state index in [0.29, 0.717) is 24.6 Å². The number of nitrogens with zero attached hydrogens (tertiary/aromatic N) is 2. The lowest BCUT2D eigenvalue weighted by Gasteiger charge is -2.13. The van der Waals surface area contributed by atoms with Crippen molar-refractivity contribution in [3.8, 4) is 11.8 Å². The smallest absolute Gasteiger partial charge is 0.241 e. The van der Waals surface area contributed by atoms with Gasteiger partial charge in [-0.1, -0.05) is 0 Å². The van der Waals surface area contributed by atoms with Crippen LogP contribution in [0.3, 0.4) is 0 Å². The number of rotatable bonds is 7. The number of hydrogen-bond donors (Lipinski definition) is 1. The van der Waals surface area contributed by atoms with E-state index in [4.69, 9.17) is 14.2 Å². The fourth-order valence-corrected chi connectivity index (χ4v) is 1.40. The summed E-state index contributed by atoms with van der Waals surface area (Å²) in [7, 11) is 4.60. The van der Waals surface area contributed by atoms with Crippen molar-refractivity contribution in [2.75, 3.05) is 27.9 Å². The molecule has 1 heterocycles. The Morgan fingerprint density at radius 2 is 2.06 bits per heavy atom. The number of aliphatic hydroxyl groups excluding tert-OH is 1. The minimum Gasteiger partial charge on any atom is -0.480 e. The number of hydrogen-bond acceptors (Lipinski definition) is 6. The summed E-state index contributed by atoms with van der Waals surface area (Å²) in [5, 5.41) is 9.94. The third-order valence-electron chi connectivity index (χ3n) is 2.29. The largest absolute Gasteiger partial charge is 0.480 e.